The van der Waals surface area contributed by atoms with E-state index in [1.807, 2.05) is 4.57 Å². The topological polar surface area (TPSA) is 69.6 Å². The van der Waals surface area contributed by atoms with Crippen molar-refractivity contribution < 1.29 is 0 Å². The Morgan fingerprint density at radius 3 is 3.10 bits per heavy atom. The number of hydrogen-bond acceptors (Lipinski definition) is 4. The highest BCUT2D eigenvalue weighted by Crippen LogP contribution is 2.22. The summed E-state index contributed by atoms with van der Waals surface area (Å²) in [5.74, 6) is 0.422. The SMILES string of the molecule is Nc1ncnc2c1ncn2Cc1ccc2c(c1)C=CC2. The predicted octanol–water partition coefficient (Wildman–Crippen LogP) is 2.03. The zero-order valence-corrected chi connectivity index (χ0v) is 10.8. The Morgan fingerprint density at radius 2 is 2.15 bits per heavy atom. The van der Waals surface area contributed by atoms with E-state index >= 15 is 0 Å². The van der Waals surface area contributed by atoms with Crippen LogP contribution in [0.15, 0.2) is 36.9 Å². The molecule has 0 unspecified atom stereocenters. The van der Waals surface area contributed by atoms with E-state index in [1.165, 1.54) is 23.0 Å². The Kier molecular flexibility index (Phi) is 2.32. The molecule has 0 amide bonds. The van der Waals surface area contributed by atoms with Crippen LogP contribution in [0.5, 0.6) is 0 Å². The molecule has 0 saturated heterocycles. The van der Waals surface area contributed by atoms with Crippen LogP contribution in [-0.4, -0.2) is 19.5 Å². The lowest BCUT2D eigenvalue weighted by Crippen LogP contribution is -2.01. The Bertz CT molecular complexity index is 831. The van der Waals surface area contributed by atoms with Crippen LogP contribution in [0.2, 0.25) is 0 Å². The van der Waals surface area contributed by atoms with E-state index in [0.717, 1.165) is 18.6 Å². The first kappa shape index (κ1) is 11.2. The number of rotatable bonds is 2. The maximum atomic E-state index is 5.80. The molecule has 0 aliphatic heterocycles. The van der Waals surface area contributed by atoms with Crippen molar-refractivity contribution in [3.8, 4) is 0 Å². The van der Waals surface area contributed by atoms with Crippen LogP contribution in [0.1, 0.15) is 16.7 Å². The monoisotopic (exact) mass is 263 g/mol. The van der Waals surface area contributed by atoms with E-state index in [9.17, 15) is 0 Å². The highest BCUT2D eigenvalue weighted by molar-refractivity contribution is 5.81. The molecule has 0 bridgehead atoms. The van der Waals surface area contributed by atoms with Crippen molar-refractivity contribution in [3.05, 3.63) is 53.6 Å². The number of benzene rings is 1. The summed E-state index contributed by atoms with van der Waals surface area (Å²) in [4.78, 5) is 12.5. The highest BCUT2D eigenvalue weighted by atomic mass is 15.1. The average Bonchev–Trinajstić information content (AvgIpc) is 3.06. The zero-order chi connectivity index (χ0) is 13.5. The van der Waals surface area contributed by atoms with Crippen LogP contribution in [0, 0.1) is 0 Å². The number of aromatic nitrogens is 4. The smallest absolute Gasteiger partial charge is 0.165 e. The predicted molar refractivity (Wildman–Crippen MR) is 78.0 cm³/mol. The second-order valence-electron chi connectivity index (χ2n) is 4.94. The summed E-state index contributed by atoms with van der Waals surface area (Å²) in [6, 6.07) is 6.56. The average molecular weight is 263 g/mol. The summed E-state index contributed by atoms with van der Waals surface area (Å²) in [6.45, 7) is 0.730. The van der Waals surface area contributed by atoms with Crippen molar-refractivity contribution >= 4 is 23.1 Å². The Hall–Kier alpha value is -2.69. The summed E-state index contributed by atoms with van der Waals surface area (Å²) >= 11 is 0. The molecule has 0 spiro atoms. The van der Waals surface area contributed by atoms with Crippen molar-refractivity contribution in [2.75, 3.05) is 5.73 Å². The van der Waals surface area contributed by atoms with Gasteiger partial charge in [0.1, 0.15) is 11.8 Å². The fourth-order valence-corrected chi connectivity index (χ4v) is 2.61. The molecule has 1 aliphatic rings. The second kappa shape index (κ2) is 4.16. The largest absolute Gasteiger partial charge is 0.382 e. The van der Waals surface area contributed by atoms with E-state index in [2.05, 4.69) is 45.3 Å². The third kappa shape index (κ3) is 1.67. The molecule has 2 heterocycles. The second-order valence-corrected chi connectivity index (χ2v) is 4.94. The zero-order valence-electron chi connectivity index (χ0n) is 10.8. The lowest BCUT2D eigenvalue weighted by atomic mass is 10.1. The van der Waals surface area contributed by atoms with Gasteiger partial charge in [0.05, 0.1) is 12.9 Å². The van der Waals surface area contributed by atoms with E-state index in [4.69, 9.17) is 5.73 Å². The standard InChI is InChI=1S/C15H13N5/c16-14-13-15(18-8-17-14)20(9-19-13)7-10-4-5-11-2-1-3-12(11)6-10/h1,3-6,8-9H,2,7H2,(H2,16,17,18). The van der Waals surface area contributed by atoms with Gasteiger partial charge in [-0.15, -0.1) is 0 Å². The normalized spacial score (nSPS) is 13.0. The molecule has 4 rings (SSSR count). The molecule has 1 aliphatic carbocycles. The van der Waals surface area contributed by atoms with Crippen LogP contribution < -0.4 is 5.73 Å². The minimum atomic E-state index is 0.422. The van der Waals surface area contributed by atoms with Gasteiger partial charge < -0.3 is 10.3 Å². The summed E-state index contributed by atoms with van der Waals surface area (Å²) in [6.07, 6.45) is 8.63. The number of allylic oxidation sites excluding steroid dienone is 1. The molecule has 3 aromatic rings. The van der Waals surface area contributed by atoms with E-state index in [0.29, 0.717) is 11.3 Å². The quantitative estimate of drug-likeness (QED) is 0.768. The van der Waals surface area contributed by atoms with Gasteiger partial charge in [0.2, 0.25) is 0 Å². The third-order valence-electron chi connectivity index (χ3n) is 3.63. The van der Waals surface area contributed by atoms with Crippen molar-refractivity contribution in [2.45, 2.75) is 13.0 Å². The minimum Gasteiger partial charge on any atom is -0.382 e. The number of fused-ring (bicyclic) bond motifs is 2. The number of nitrogen functional groups attached to an aromatic ring is 1. The molecule has 0 atom stereocenters. The lowest BCUT2D eigenvalue weighted by molar-refractivity contribution is 0.812. The van der Waals surface area contributed by atoms with Gasteiger partial charge in [-0.05, 0) is 29.2 Å². The summed E-state index contributed by atoms with van der Waals surface area (Å²) < 4.78 is 1.99. The van der Waals surface area contributed by atoms with Gasteiger partial charge in [-0.3, -0.25) is 0 Å². The first-order valence-corrected chi connectivity index (χ1v) is 6.51. The van der Waals surface area contributed by atoms with Crippen LogP contribution in [0.25, 0.3) is 17.2 Å². The van der Waals surface area contributed by atoms with Crippen LogP contribution in [-0.2, 0) is 13.0 Å². The van der Waals surface area contributed by atoms with Crippen molar-refractivity contribution in [2.24, 2.45) is 0 Å². The molecule has 2 aromatic heterocycles. The lowest BCUT2D eigenvalue weighted by Gasteiger charge is -2.06. The van der Waals surface area contributed by atoms with Gasteiger partial charge >= 0.3 is 0 Å². The van der Waals surface area contributed by atoms with Crippen LogP contribution in [0.3, 0.4) is 0 Å². The Morgan fingerprint density at radius 1 is 1.20 bits per heavy atom. The number of hydrogen-bond donors (Lipinski definition) is 1. The summed E-state index contributed by atoms with van der Waals surface area (Å²) in [5, 5.41) is 0. The van der Waals surface area contributed by atoms with Crippen molar-refractivity contribution in [1.29, 1.82) is 0 Å². The molecule has 20 heavy (non-hydrogen) atoms. The van der Waals surface area contributed by atoms with Gasteiger partial charge in [-0.2, -0.15) is 0 Å². The third-order valence-corrected chi connectivity index (χ3v) is 3.63. The maximum absolute atomic E-state index is 5.80. The van der Waals surface area contributed by atoms with Crippen molar-refractivity contribution in [3.63, 3.8) is 0 Å². The molecule has 98 valence electrons. The molecule has 5 nitrogen and oxygen atoms in total. The van der Waals surface area contributed by atoms with Gasteiger partial charge in [0.15, 0.2) is 11.5 Å². The first-order valence-electron chi connectivity index (χ1n) is 6.51. The molecule has 0 radical (unpaired) electrons. The molecule has 0 saturated carbocycles. The van der Waals surface area contributed by atoms with Gasteiger partial charge in [0.25, 0.3) is 0 Å². The first-order chi connectivity index (χ1) is 9.81. The van der Waals surface area contributed by atoms with E-state index in [-0.39, 0.29) is 0 Å². The number of imidazole rings is 1. The number of nitrogens with zero attached hydrogens (tertiary/aromatic N) is 4. The molecule has 1 aromatic carbocycles. The summed E-state index contributed by atoms with van der Waals surface area (Å²) in [5.41, 5.74) is 11.2. The van der Waals surface area contributed by atoms with E-state index in [1.54, 1.807) is 6.33 Å². The van der Waals surface area contributed by atoms with Gasteiger partial charge in [-0.1, -0.05) is 24.3 Å². The van der Waals surface area contributed by atoms with Crippen LogP contribution >= 0.6 is 0 Å². The van der Waals surface area contributed by atoms with Gasteiger partial charge in [-0.25, -0.2) is 15.0 Å². The maximum Gasteiger partial charge on any atom is 0.165 e. The highest BCUT2D eigenvalue weighted by Gasteiger charge is 2.10. The Balaban J connectivity index is 1.74. The Labute approximate surface area is 115 Å². The molecule has 0 fully saturated rings. The number of nitrogens with two attached hydrogens (primary N) is 1. The fourth-order valence-electron chi connectivity index (χ4n) is 2.61. The summed E-state index contributed by atoms with van der Waals surface area (Å²) in [7, 11) is 0. The molecular weight excluding hydrogens is 250 g/mol. The van der Waals surface area contributed by atoms with Crippen LogP contribution in [0.4, 0.5) is 5.82 Å². The minimum absolute atomic E-state index is 0.422. The van der Waals surface area contributed by atoms with Crippen molar-refractivity contribution in [1.82, 2.24) is 19.5 Å². The molecule has 5 heteroatoms. The van der Waals surface area contributed by atoms with E-state index < -0.39 is 0 Å². The number of anilines is 1. The van der Waals surface area contributed by atoms with Gasteiger partial charge in [0, 0.05) is 0 Å². The molecular formula is C15H13N5. The fraction of sp³-hybridized carbons (Fsp3) is 0.133. The molecule has 2 N–H and O–H groups in total.